The van der Waals surface area contributed by atoms with Gasteiger partial charge in [0.2, 0.25) is 0 Å². The summed E-state index contributed by atoms with van der Waals surface area (Å²) in [4.78, 5) is 6.42. The molecular formula is C54H50N2S. The zero-order valence-corrected chi connectivity index (χ0v) is 34.6. The molecule has 7 aromatic carbocycles. The van der Waals surface area contributed by atoms with E-state index in [0.717, 1.165) is 12.1 Å². The summed E-state index contributed by atoms with van der Waals surface area (Å²) in [5, 5.41) is 8.81. The summed E-state index contributed by atoms with van der Waals surface area (Å²) in [5.41, 5.74) is 15.4. The average molecular weight is 759 g/mol. The van der Waals surface area contributed by atoms with Gasteiger partial charge in [-0.1, -0.05) is 132 Å². The van der Waals surface area contributed by atoms with Crippen molar-refractivity contribution in [1.29, 1.82) is 0 Å². The van der Waals surface area contributed by atoms with E-state index in [-0.39, 0.29) is 10.8 Å². The topological polar surface area (TPSA) is 19.0 Å². The first-order valence-corrected chi connectivity index (χ1v) is 21.6. The minimum Gasteiger partial charge on any atom is -0.354 e. The Morgan fingerprint density at radius 1 is 0.614 bits per heavy atom. The summed E-state index contributed by atoms with van der Waals surface area (Å²) in [6, 6.07) is 52.6. The predicted octanol–water partition coefficient (Wildman–Crippen LogP) is 16.2. The molecule has 0 radical (unpaired) electrons. The van der Waals surface area contributed by atoms with Crippen molar-refractivity contribution in [3.05, 3.63) is 162 Å². The van der Waals surface area contributed by atoms with Gasteiger partial charge in [-0.05, 0) is 129 Å². The number of fused-ring (bicyclic) bond motifs is 7. The number of anilines is 3. The Bertz CT molecular complexity index is 2940. The number of rotatable bonds is 8. The SMILES string of the molecule is CCCCc1ccc(N(c2cc(-c3ccccc3)cc(-c3cccc4c3[nH]c3ccc5ccccc5c34)c2)c2csc3cc4c(cc23)C(C)(C)CCC4(C)C)cc1. The zero-order valence-electron chi connectivity index (χ0n) is 33.7. The van der Waals surface area contributed by atoms with Crippen molar-refractivity contribution in [2.45, 2.75) is 77.6 Å². The molecule has 0 fully saturated rings. The maximum absolute atomic E-state index is 3.88. The normalized spacial score (nSPS) is 14.8. The second kappa shape index (κ2) is 13.8. The molecule has 0 amide bonds. The molecule has 0 saturated heterocycles. The molecule has 2 nitrogen and oxygen atoms in total. The Hall–Kier alpha value is -5.64. The van der Waals surface area contributed by atoms with Crippen molar-refractivity contribution >= 4 is 71.1 Å². The lowest BCUT2D eigenvalue weighted by Crippen LogP contribution is -2.33. The second-order valence-corrected chi connectivity index (χ2v) is 18.5. The van der Waals surface area contributed by atoms with Crippen LogP contribution >= 0.6 is 11.3 Å². The molecule has 0 aliphatic heterocycles. The van der Waals surface area contributed by atoms with Crippen LogP contribution in [0.4, 0.5) is 17.1 Å². The maximum atomic E-state index is 3.88. The van der Waals surface area contributed by atoms with Crippen LogP contribution in [-0.2, 0) is 17.3 Å². The van der Waals surface area contributed by atoms with Gasteiger partial charge in [0.1, 0.15) is 0 Å². The zero-order chi connectivity index (χ0) is 38.9. The first-order chi connectivity index (χ1) is 27.7. The van der Waals surface area contributed by atoms with Gasteiger partial charge in [-0.3, -0.25) is 0 Å². The van der Waals surface area contributed by atoms with Crippen molar-refractivity contribution in [3.8, 4) is 22.3 Å². The number of hydrogen-bond acceptors (Lipinski definition) is 2. The highest BCUT2D eigenvalue weighted by atomic mass is 32.1. The third-order valence-electron chi connectivity index (χ3n) is 12.9. The molecule has 0 atom stereocenters. The molecule has 1 N–H and O–H groups in total. The Labute approximate surface area is 340 Å². The monoisotopic (exact) mass is 758 g/mol. The van der Waals surface area contributed by atoms with E-state index in [2.05, 4.69) is 189 Å². The molecule has 57 heavy (non-hydrogen) atoms. The van der Waals surface area contributed by atoms with E-state index in [1.54, 1.807) is 0 Å². The Balaban J connectivity index is 1.23. The number of nitrogens with zero attached hydrogens (tertiary/aromatic N) is 1. The van der Waals surface area contributed by atoms with Gasteiger partial charge in [-0.25, -0.2) is 0 Å². The van der Waals surface area contributed by atoms with E-state index in [4.69, 9.17) is 0 Å². The second-order valence-electron chi connectivity index (χ2n) is 17.6. The highest BCUT2D eigenvalue weighted by molar-refractivity contribution is 7.17. The Morgan fingerprint density at radius 3 is 2.12 bits per heavy atom. The van der Waals surface area contributed by atoms with Crippen LogP contribution in [0.15, 0.2) is 145 Å². The lowest BCUT2D eigenvalue weighted by atomic mass is 9.63. The minimum absolute atomic E-state index is 0.119. The number of H-pyrrole nitrogens is 1. The molecule has 0 bridgehead atoms. The van der Waals surface area contributed by atoms with Crippen LogP contribution in [0.1, 0.15) is 77.0 Å². The third-order valence-corrected chi connectivity index (χ3v) is 13.8. The number of thiophene rings is 1. The molecule has 2 aromatic heterocycles. The smallest absolute Gasteiger partial charge is 0.0647 e. The van der Waals surface area contributed by atoms with Gasteiger partial charge in [0, 0.05) is 48.7 Å². The maximum Gasteiger partial charge on any atom is 0.0647 e. The van der Waals surface area contributed by atoms with E-state index in [1.807, 2.05) is 11.3 Å². The number of aromatic amines is 1. The summed E-state index contributed by atoms with van der Waals surface area (Å²) < 4.78 is 1.36. The van der Waals surface area contributed by atoms with Crippen molar-refractivity contribution < 1.29 is 0 Å². The number of hydrogen-bond donors (Lipinski definition) is 1. The third kappa shape index (κ3) is 6.15. The highest BCUT2D eigenvalue weighted by Gasteiger charge is 2.38. The molecule has 10 rings (SSSR count). The van der Waals surface area contributed by atoms with Crippen LogP contribution < -0.4 is 4.90 Å². The molecule has 0 saturated carbocycles. The van der Waals surface area contributed by atoms with Gasteiger partial charge in [0.05, 0.1) is 11.2 Å². The Kier molecular flexibility index (Phi) is 8.64. The first kappa shape index (κ1) is 35.8. The van der Waals surface area contributed by atoms with E-state index in [9.17, 15) is 0 Å². The van der Waals surface area contributed by atoms with E-state index in [1.165, 1.54) is 119 Å². The fraction of sp³-hybridized carbons (Fsp3) is 0.222. The fourth-order valence-electron chi connectivity index (χ4n) is 9.50. The van der Waals surface area contributed by atoms with E-state index >= 15 is 0 Å². The first-order valence-electron chi connectivity index (χ1n) is 20.8. The van der Waals surface area contributed by atoms with Gasteiger partial charge in [0.25, 0.3) is 0 Å². The predicted molar refractivity (Wildman–Crippen MR) is 248 cm³/mol. The van der Waals surface area contributed by atoms with Gasteiger partial charge in [-0.2, -0.15) is 0 Å². The molecule has 3 heteroatoms. The largest absolute Gasteiger partial charge is 0.354 e. The Morgan fingerprint density at radius 2 is 1.33 bits per heavy atom. The van der Waals surface area contributed by atoms with E-state index in [0.29, 0.717) is 0 Å². The van der Waals surface area contributed by atoms with Gasteiger partial charge in [0.15, 0.2) is 0 Å². The molecule has 1 aliphatic rings. The van der Waals surface area contributed by atoms with Gasteiger partial charge in [-0.15, -0.1) is 11.3 Å². The number of nitrogens with one attached hydrogen (secondary N) is 1. The molecule has 2 heterocycles. The summed E-state index contributed by atoms with van der Waals surface area (Å²) in [7, 11) is 0. The van der Waals surface area contributed by atoms with Gasteiger partial charge >= 0.3 is 0 Å². The molecule has 9 aromatic rings. The number of benzene rings is 7. The standard InChI is InChI=1S/C54H50N2S/c1-6-7-14-35-21-24-40(25-22-35)56(49-34-57-50-33-47-46(32-45(49)50)53(2,3)27-28-54(47,4)5)41-30-38(36-15-9-8-10-16-36)29-39(31-41)43-19-13-20-44-51-42-18-12-11-17-37(42)23-26-48(51)55-52(43)44/h8-13,15-26,29-34,55H,6-7,14,27-28H2,1-5H3. The fourth-order valence-corrected chi connectivity index (χ4v) is 10.4. The molecule has 282 valence electrons. The van der Waals surface area contributed by atoms with Crippen molar-refractivity contribution in [3.63, 3.8) is 0 Å². The number of para-hydroxylation sites is 1. The lowest BCUT2D eigenvalue weighted by molar-refractivity contribution is 0.332. The molecule has 1 aliphatic carbocycles. The molecule has 0 spiro atoms. The van der Waals surface area contributed by atoms with Crippen molar-refractivity contribution in [1.82, 2.24) is 4.98 Å². The van der Waals surface area contributed by atoms with Crippen LogP contribution in [0.3, 0.4) is 0 Å². The van der Waals surface area contributed by atoms with Crippen LogP contribution in [-0.4, -0.2) is 4.98 Å². The number of aromatic nitrogens is 1. The summed E-state index contributed by atoms with van der Waals surface area (Å²) in [5.74, 6) is 0. The quantitative estimate of drug-likeness (QED) is 0.163. The molecule has 0 unspecified atom stereocenters. The minimum atomic E-state index is 0.119. The van der Waals surface area contributed by atoms with Crippen LogP contribution in [0, 0.1) is 0 Å². The summed E-state index contributed by atoms with van der Waals surface area (Å²) in [6.45, 7) is 12.0. The lowest BCUT2D eigenvalue weighted by Gasteiger charge is -2.42. The van der Waals surface area contributed by atoms with Crippen LogP contribution in [0.25, 0.3) is 64.9 Å². The summed E-state index contributed by atoms with van der Waals surface area (Å²) >= 11 is 1.88. The van der Waals surface area contributed by atoms with Gasteiger partial charge < -0.3 is 9.88 Å². The van der Waals surface area contributed by atoms with E-state index < -0.39 is 0 Å². The van der Waals surface area contributed by atoms with Crippen LogP contribution in [0.5, 0.6) is 0 Å². The van der Waals surface area contributed by atoms with Crippen molar-refractivity contribution in [2.75, 3.05) is 4.90 Å². The van der Waals surface area contributed by atoms with Crippen molar-refractivity contribution in [2.24, 2.45) is 0 Å². The summed E-state index contributed by atoms with van der Waals surface area (Å²) in [6.07, 6.45) is 5.90. The van der Waals surface area contributed by atoms with Crippen LogP contribution in [0.2, 0.25) is 0 Å². The average Bonchev–Trinajstić information content (AvgIpc) is 3.84. The molecular weight excluding hydrogens is 709 g/mol. The highest BCUT2D eigenvalue weighted by Crippen LogP contribution is 2.51. The number of aryl methyl sites for hydroxylation is 1. The number of unbranched alkanes of at least 4 members (excludes halogenated alkanes) is 1.